The fraction of sp³-hybridized carbons (Fsp3) is 0.583. The van der Waals surface area contributed by atoms with Crippen molar-refractivity contribution in [2.45, 2.75) is 38.5 Å². The number of nitrogens with two attached hydrogens (primary N) is 1. The largest absolute Gasteiger partial charge is 0.330 e. The van der Waals surface area contributed by atoms with E-state index in [-0.39, 0.29) is 0 Å². The number of thiophene rings is 1. The van der Waals surface area contributed by atoms with Gasteiger partial charge in [-0.15, -0.1) is 11.3 Å². The maximum atomic E-state index is 11.5. The molecule has 0 aliphatic carbocycles. The lowest BCUT2D eigenvalue weighted by molar-refractivity contribution is -0.119. The summed E-state index contributed by atoms with van der Waals surface area (Å²) in [5, 5.41) is 2.06. The lowest BCUT2D eigenvalue weighted by atomic mass is 10.1. The van der Waals surface area contributed by atoms with Crippen molar-refractivity contribution in [3.05, 3.63) is 22.4 Å². The molecule has 0 aromatic carbocycles. The molecule has 0 bridgehead atoms. The standard InChI is InChI=1S/C12H19NOS/c13-9-3-1-2-5-11(14)7-8-12-6-4-10-15-12/h4,6,10H,1-3,5,7-9,13H2. The van der Waals surface area contributed by atoms with E-state index >= 15 is 0 Å². The number of hydrogen-bond acceptors (Lipinski definition) is 3. The zero-order chi connectivity index (χ0) is 10.9. The van der Waals surface area contributed by atoms with Crippen LogP contribution >= 0.6 is 11.3 Å². The molecule has 1 aromatic rings. The minimum absolute atomic E-state index is 0.389. The van der Waals surface area contributed by atoms with E-state index in [4.69, 9.17) is 5.73 Å². The van der Waals surface area contributed by atoms with Crippen LogP contribution in [0.2, 0.25) is 0 Å². The number of hydrogen-bond donors (Lipinski definition) is 1. The molecule has 0 saturated heterocycles. The van der Waals surface area contributed by atoms with Gasteiger partial charge in [0.05, 0.1) is 0 Å². The fourth-order valence-corrected chi connectivity index (χ4v) is 2.19. The summed E-state index contributed by atoms with van der Waals surface area (Å²) in [5.41, 5.74) is 5.38. The summed E-state index contributed by atoms with van der Waals surface area (Å²) in [6.45, 7) is 0.739. The van der Waals surface area contributed by atoms with Crippen molar-refractivity contribution < 1.29 is 4.79 Å². The predicted molar refractivity (Wildman–Crippen MR) is 65.2 cm³/mol. The highest BCUT2D eigenvalue weighted by molar-refractivity contribution is 7.09. The molecule has 2 N–H and O–H groups in total. The van der Waals surface area contributed by atoms with Crippen molar-refractivity contribution in [2.24, 2.45) is 5.73 Å². The van der Waals surface area contributed by atoms with Crippen molar-refractivity contribution in [3.8, 4) is 0 Å². The van der Waals surface area contributed by atoms with Crippen molar-refractivity contribution in [1.29, 1.82) is 0 Å². The topological polar surface area (TPSA) is 43.1 Å². The van der Waals surface area contributed by atoms with E-state index in [9.17, 15) is 4.79 Å². The molecule has 0 fully saturated rings. The van der Waals surface area contributed by atoms with Gasteiger partial charge in [0, 0.05) is 17.7 Å². The Morgan fingerprint density at radius 3 is 2.80 bits per heavy atom. The minimum Gasteiger partial charge on any atom is -0.330 e. The summed E-state index contributed by atoms with van der Waals surface area (Å²) in [5.74, 6) is 0.389. The molecule has 1 aromatic heterocycles. The van der Waals surface area contributed by atoms with Crippen LogP contribution in [0.3, 0.4) is 0 Å². The molecule has 0 amide bonds. The third-order valence-electron chi connectivity index (χ3n) is 2.39. The highest BCUT2D eigenvalue weighted by Gasteiger charge is 2.02. The third-order valence-corrected chi connectivity index (χ3v) is 3.33. The van der Waals surface area contributed by atoms with Crippen LogP contribution in [0.5, 0.6) is 0 Å². The number of Topliss-reactive ketones (excluding diaryl/α,β-unsaturated/α-hetero) is 1. The second-order valence-corrected chi connectivity index (χ2v) is 4.75. The molecule has 0 saturated carbocycles. The third kappa shape index (κ3) is 5.70. The van der Waals surface area contributed by atoms with Gasteiger partial charge in [0.2, 0.25) is 0 Å². The van der Waals surface area contributed by atoms with Crippen LogP contribution in [-0.4, -0.2) is 12.3 Å². The van der Waals surface area contributed by atoms with E-state index in [1.54, 1.807) is 11.3 Å². The number of aryl methyl sites for hydroxylation is 1. The molecule has 0 aliphatic rings. The fourth-order valence-electron chi connectivity index (χ4n) is 1.49. The summed E-state index contributed by atoms with van der Waals surface area (Å²) in [4.78, 5) is 12.8. The predicted octanol–water partition coefficient (Wildman–Crippen LogP) is 2.77. The first-order valence-electron chi connectivity index (χ1n) is 5.57. The zero-order valence-corrected chi connectivity index (χ0v) is 9.89. The van der Waals surface area contributed by atoms with Gasteiger partial charge in [-0.3, -0.25) is 4.79 Å². The average Bonchev–Trinajstić information content (AvgIpc) is 2.74. The summed E-state index contributed by atoms with van der Waals surface area (Å²) in [6.07, 6.45) is 5.46. The Bertz CT molecular complexity index is 269. The van der Waals surface area contributed by atoms with Gasteiger partial charge in [0.1, 0.15) is 5.78 Å². The molecule has 0 aliphatic heterocycles. The molecule has 15 heavy (non-hydrogen) atoms. The van der Waals surface area contributed by atoms with Crippen LogP contribution < -0.4 is 5.73 Å². The average molecular weight is 225 g/mol. The zero-order valence-electron chi connectivity index (χ0n) is 9.08. The van der Waals surface area contributed by atoms with Crippen molar-refractivity contribution >= 4 is 17.1 Å². The SMILES string of the molecule is NCCCCCC(=O)CCc1cccs1. The van der Waals surface area contributed by atoms with Crippen LogP contribution in [0.4, 0.5) is 0 Å². The summed E-state index contributed by atoms with van der Waals surface area (Å²) in [7, 11) is 0. The van der Waals surface area contributed by atoms with Crippen LogP contribution in [0.25, 0.3) is 0 Å². The number of rotatable bonds is 8. The Labute approximate surface area is 95.5 Å². The highest BCUT2D eigenvalue weighted by Crippen LogP contribution is 2.12. The Balaban J connectivity index is 2.04. The number of carbonyl (C=O) groups excluding carboxylic acids is 1. The molecule has 0 atom stereocenters. The molecule has 84 valence electrons. The lowest BCUT2D eigenvalue weighted by Crippen LogP contribution is -2.01. The van der Waals surface area contributed by atoms with Gasteiger partial charge in [-0.1, -0.05) is 12.5 Å². The quantitative estimate of drug-likeness (QED) is 0.691. The van der Waals surface area contributed by atoms with Gasteiger partial charge in [-0.25, -0.2) is 0 Å². The van der Waals surface area contributed by atoms with Gasteiger partial charge in [0.15, 0.2) is 0 Å². The second-order valence-electron chi connectivity index (χ2n) is 3.72. The van der Waals surface area contributed by atoms with E-state index in [0.717, 1.165) is 38.6 Å². The van der Waals surface area contributed by atoms with Crippen molar-refractivity contribution in [3.63, 3.8) is 0 Å². The van der Waals surface area contributed by atoms with Crippen LogP contribution in [0.15, 0.2) is 17.5 Å². The summed E-state index contributed by atoms with van der Waals surface area (Å²) >= 11 is 1.73. The first-order valence-corrected chi connectivity index (χ1v) is 6.45. The van der Waals surface area contributed by atoms with E-state index in [0.29, 0.717) is 12.2 Å². The normalized spacial score (nSPS) is 10.5. The van der Waals surface area contributed by atoms with Gasteiger partial charge in [-0.05, 0) is 37.3 Å². The minimum atomic E-state index is 0.389. The summed E-state index contributed by atoms with van der Waals surface area (Å²) in [6, 6.07) is 4.12. The maximum absolute atomic E-state index is 11.5. The van der Waals surface area contributed by atoms with Crippen LogP contribution in [0.1, 0.15) is 37.0 Å². The van der Waals surface area contributed by atoms with E-state index in [2.05, 4.69) is 11.4 Å². The second kappa shape index (κ2) is 7.60. The Morgan fingerprint density at radius 1 is 1.27 bits per heavy atom. The molecule has 1 rings (SSSR count). The Hall–Kier alpha value is -0.670. The number of ketones is 1. The Kier molecular flexibility index (Phi) is 6.28. The molecular weight excluding hydrogens is 206 g/mol. The highest BCUT2D eigenvalue weighted by atomic mass is 32.1. The first-order chi connectivity index (χ1) is 7.33. The van der Waals surface area contributed by atoms with E-state index in [1.807, 2.05) is 6.07 Å². The Morgan fingerprint density at radius 2 is 2.13 bits per heavy atom. The molecule has 0 spiro atoms. The molecule has 0 unspecified atom stereocenters. The molecule has 3 heteroatoms. The van der Waals surface area contributed by atoms with Crippen molar-refractivity contribution in [1.82, 2.24) is 0 Å². The lowest BCUT2D eigenvalue weighted by Gasteiger charge is -1.99. The van der Waals surface area contributed by atoms with E-state index in [1.165, 1.54) is 4.88 Å². The number of unbranched alkanes of at least 4 members (excludes halogenated alkanes) is 2. The van der Waals surface area contributed by atoms with Gasteiger partial charge in [0.25, 0.3) is 0 Å². The molecular formula is C12H19NOS. The van der Waals surface area contributed by atoms with Gasteiger partial charge < -0.3 is 5.73 Å². The first kappa shape index (κ1) is 12.4. The maximum Gasteiger partial charge on any atom is 0.133 e. The monoisotopic (exact) mass is 225 g/mol. The van der Waals surface area contributed by atoms with Crippen molar-refractivity contribution in [2.75, 3.05) is 6.54 Å². The van der Waals surface area contributed by atoms with E-state index < -0.39 is 0 Å². The molecule has 1 heterocycles. The van der Waals surface area contributed by atoms with Gasteiger partial charge >= 0.3 is 0 Å². The van der Waals surface area contributed by atoms with Crippen LogP contribution in [0, 0.1) is 0 Å². The number of carbonyl (C=O) groups is 1. The molecule has 0 radical (unpaired) electrons. The van der Waals surface area contributed by atoms with Crippen LogP contribution in [-0.2, 0) is 11.2 Å². The van der Waals surface area contributed by atoms with Gasteiger partial charge in [-0.2, -0.15) is 0 Å². The summed E-state index contributed by atoms with van der Waals surface area (Å²) < 4.78 is 0. The smallest absolute Gasteiger partial charge is 0.133 e. The molecule has 2 nitrogen and oxygen atoms in total.